The first-order valence-corrected chi connectivity index (χ1v) is 9.17. The maximum Gasteiger partial charge on any atom is 0.321 e. The van der Waals surface area contributed by atoms with Crippen molar-refractivity contribution in [2.45, 2.75) is 11.4 Å². The highest BCUT2D eigenvalue weighted by molar-refractivity contribution is 7.89. The fourth-order valence-electron chi connectivity index (χ4n) is 1.93. The van der Waals surface area contributed by atoms with Gasteiger partial charge < -0.3 is 10.1 Å². The number of sulfonamides is 1. The van der Waals surface area contributed by atoms with E-state index >= 15 is 0 Å². The highest BCUT2D eigenvalue weighted by Gasteiger charge is 2.16. The predicted molar refractivity (Wildman–Crippen MR) is 90.8 cm³/mol. The molecule has 0 radical (unpaired) electrons. The van der Waals surface area contributed by atoms with E-state index in [0.29, 0.717) is 0 Å². The minimum Gasteiger partial charge on any atom is -0.455 e. The highest BCUT2D eigenvalue weighted by atomic mass is 32.2. The minimum atomic E-state index is -4.02. The normalized spacial score (nSPS) is 11.0. The Kier molecular flexibility index (Phi) is 6.97. The lowest BCUT2D eigenvalue weighted by Crippen LogP contribution is -2.33. The molecule has 0 fully saturated rings. The molecule has 2 rings (SSSR count). The van der Waals surface area contributed by atoms with Crippen LogP contribution in [-0.4, -0.2) is 33.4 Å². The van der Waals surface area contributed by atoms with Crippen molar-refractivity contribution < 1.29 is 31.5 Å². The molecule has 0 atom stereocenters. The van der Waals surface area contributed by atoms with Crippen LogP contribution in [-0.2, 0) is 30.9 Å². The summed E-state index contributed by atoms with van der Waals surface area (Å²) in [4.78, 5) is 22.9. The van der Waals surface area contributed by atoms with Crippen LogP contribution in [0.3, 0.4) is 0 Å². The Morgan fingerprint density at radius 3 is 2.33 bits per heavy atom. The van der Waals surface area contributed by atoms with Gasteiger partial charge in [-0.3, -0.25) is 9.59 Å². The average molecular weight is 398 g/mol. The molecule has 144 valence electrons. The van der Waals surface area contributed by atoms with Crippen LogP contribution in [0.25, 0.3) is 0 Å². The van der Waals surface area contributed by atoms with Gasteiger partial charge in [-0.05, 0) is 30.3 Å². The van der Waals surface area contributed by atoms with E-state index in [-0.39, 0.29) is 17.0 Å². The molecule has 0 aromatic heterocycles. The molecule has 0 aliphatic carbocycles. The zero-order valence-corrected chi connectivity index (χ0v) is 14.8. The summed E-state index contributed by atoms with van der Waals surface area (Å²) < 4.78 is 56.7. The van der Waals surface area contributed by atoms with Crippen LogP contribution >= 0.6 is 0 Å². The number of benzene rings is 2. The zero-order chi connectivity index (χ0) is 19.9. The van der Waals surface area contributed by atoms with Gasteiger partial charge in [0.25, 0.3) is 5.91 Å². The SMILES string of the molecule is O=C(COC(=O)CNS(=O)(=O)c1ccc(F)cc1)NCc1ccccc1F. The minimum absolute atomic E-state index is 0.0831. The van der Waals surface area contributed by atoms with Crippen molar-refractivity contribution in [1.29, 1.82) is 0 Å². The van der Waals surface area contributed by atoms with Gasteiger partial charge in [-0.1, -0.05) is 18.2 Å². The van der Waals surface area contributed by atoms with Crippen LogP contribution in [0.4, 0.5) is 8.78 Å². The molecule has 2 N–H and O–H groups in total. The van der Waals surface area contributed by atoms with Gasteiger partial charge in [-0.15, -0.1) is 0 Å². The molecule has 0 saturated carbocycles. The first-order valence-electron chi connectivity index (χ1n) is 7.69. The van der Waals surface area contributed by atoms with E-state index < -0.39 is 46.7 Å². The van der Waals surface area contributed by atoms with Gasteiger partial charge in [-0.25, -0.2) is 17.2 Å². The summed E-state index contributed by atoms with van der Waals surface area (Å²) in [6, 6.07) is 9.87. The molecule has 0 unspecified atom stereocenters. The number of hydrogen-bond acceptors (Lipinski definition) is 5. The molecule has 7 nitrogen and oxygen atoms in total. The van der Waals surface area contributed by atoms with Crippen LogP contribution in [0, 0.1) is 11.6 Å². The molecule has 2 aromatic rings. The molecule has 0 heterocycles. The van der Waals surface area contributed by atoms with Crippen molar-refractivity contribution in [2.75, 3.05) is 13.2 Å². The lowest BCUT2D eigenvalue weighted by Gasteiger charge is -2.08. The van der Waals surface area contributed by atoms with Crippen LogP contribution in [0.1, 0.15) is 5.56 Å². The van der Waals surface area contributed by atoms with Gasteiger partial charge >= 0.3 is 5.97 Å². The predicted octanol–water partition coefficient (Wildman–Crippen LogP) is 1.10. The first kappa shape index (κ1) is 20.5. The Labute approximate surface area is 154 Å². The largest absolute Gasteiger partial charge is 0.455 e. The highest BCUT2D eigenvalue weighted by Crippen LogP contribution is 2.09. The summed E-state index contributed by atoms with van der Waals surface area (Å²) in [7, 11) is -4.02. The second-order valence-corrected chi connectivity index (χ2v) is 7.07. The summed E-state index contributed by atoms with van der Waals surface area (Å²) >= 11 is 0. The maximum atomic E-state index is 13.4. The van der Waals surface area contributed by atoms with Crippen molar-refractivity contribution >= 4 is 21.9 Å². The van der Waals surface area contributed by atoms with E-state index in [9.17, 15) is 26.8 Å². The number of carbonyl (C=O) groups is 2. The maximum absolute atomic E-state index is 13.4. The number of amides is 1. The van der Waals surface area contributed by atoms with Crippen LogP contribution in [0.15, 0.2) is 53.4 Å². The van der Waals surface area contributed by atoms with Crippen molar-refractivity contribution in [1.82, 2.24) is 10.0 Å². The molecule has 2 aromatic carbocycles. The third-order valence-corrected chi connectivity index (χ3v) is 4.75. The van der Waals surface area contributed by atoms with Crippen LogP contribution < -0.4 is 10.0 Å². The van der Waals surface area contributed by atoms with Gasteiger partial charge in [0.1, 0.15) is 18.2 Å². The number of ether oxygens (including phenoxy) is 1. The van der Waals surface area contributed by atoms with E-state index in [1.54, 1.807) is 6.07 Å². The zero-order valence-electron chi connectivity index (χ0n) is 13.9. The monoisotopic (exact) mass is 398 g/mol. The average Bonchev–Trinajstić information content (AvgIpc) is 2.64. The Morgan fingerprint density at radius 2 is 1.67 bits per heavy atom. The van der Waals surface area contributed by atoms with Crippen molar-refractivity contribution in [3.63, 3.8) is 0 Å². The summed E-state index contributed by atoms with van der Waals surface area (Å²) in [5.41, 5.74) is 0.268. The second kappa shape index (κ2) is 9.19. The summed E-state index contributed by atoms with van der Waals surface area (Å²) in [6.07, 6.45) is 0. The molecule has 0 aliphatic rings. The van der Waals surface area contributed by atoms with E-state index in [0.717, 1.165) is 24.3 Å². The fourth-order valence-corrected chi connectivity index (χ4v) is 2.90. The molecular weight excluding hydrogens is 382 g/mol. The topological polar surface area (TPSA) is 102 Å². The lowest BCUT2D eigenvalue weighted by atomic mass is 10.2. The quantitative estimate of drug-likeness (QED) is 0.649. The second-order valence-electron chi connectivity index (χ2n) is 5.31. The molecule has 0 saturated heterocycles. The number of rotatable bonds is 8. The molecule has 0 aliphatic heterocycles. The fraction of sp³-hybridized carbons (Fsp3) is 0.176. The van der Waals surface area contributed by atoms with Gasteiger partial charge in [0.15, 0.2) is 6.61 Å². The number of hydrogen-bond donors (Lipinski definition) is 2. The van der Waals surface area contributed by atoms with Gasteiger partial charge in [0, 0.05) is 12.1 Å². The number of halogens is 2. The third kappa shape index (κ3) is 6.42. The van der Waals surface area contributed by atoms with E-state index in [2.05, 4.69) is 10.1 Å². The standard InChI is InChI=1S/C17H16F2N2O5S/c18-13-5-7-14(8-6-13)27(24,25)21-10-17(23)26-11-16(22)20-9-12-3-1-2-4-15(12)19/h1-8,21H,9-11H2,(H,20,22). The molecule has 0 bridgehead atoms. The molecule has 0 spiro atoms. The van der Waals surface area contributed by atoms with Gasteiger partial charge in [0.05, 0.1) is 4.90 Å². The summed E-state index contributed by atoms with van der Waals surface area (Å²) in [5, 5.41) is 2.37. The Morgan fingerprint density at radius 1 is 1.00 bits per heavy atom. The van der Waals surface area contributed by atoms with E-state index in [1.165, 1.54) is 18.2 Å². The molecule has 10 heteroatoms. The summed E-state index contributed by atoms with van der Waals surface area (Å²) in [6.45, 7) is -1.44. The molecule has 27 heavy (non-hydrogen) atoms. The molecular formula is C17H16F2N2O5S. The first-order chi connectivity index (χ1) is 12.8. The lowest BCUT2D eigenvalue weighted by molar-refractivity contribution is -0.147. The van der Waals surface area contributed by atoms with Gasteiger partial charge in [-0.2, -0.15) is 4.72 Å². The Hall–Kier alpha value is -2.85. The van der Waals surface area contributed by atoms with Crippen molar-refractivity contribution in [3.8, 4) is 0 Å². The van der Waals surface area contributed by atoms with E-state index in [1.807, 2.05) is 4.72 Å². The van der Waals surface area contributed by atoms with Crippen molar-refractivity contribution in [2.24, 2.45) is 0 Å². The number of esters is 1. The third-order valence-electron chi connectivity index (χ3n) is 3.33. The summed E-state index contributed by atoms with van der Waals surface area (Å²) in [5.74, 6) is -2.74. The Bertz CT molecular complexity index is 917. The van der Waals surface area contributed by atoms with Gasteiger partial charge in [0.2, 0.25) is 10.0 Å². The number of carbonyl (C=O) groups excluding carboxylic acids is 2. The molecule has 1 amide bonds. The number of nitrogens with one attached hydrogen (secondary N) is 2. The van der Waals surface area contributed by atoms with Crippen LogP contribution in [0.2, 0.25) is 0 Å². The Balaban J connectivity index is 1.74. The van der Waals surface area contributed by atoms with Crippen LogP contribution in [0.5, 0.6) is 0 Å². The van der Waals surface area contributed by atoms with E-state index in [4.69, 9.17) is 0 Å². The smallest absolute Gasteiger partial charge is 0.321 e. The van der Waals surface area contributed by atoms with Crippen molar-refractivity contribution in [3.05, 3.63) is 65.7 Å².